The van der Waals surface area contributed by atoms with Crippen molar-refractivity contribution >= 4 is 5.91 Å². The number of carbonyl (C=O) groups excluding carboxylic acids is 1. The minimum absolute atomic E-state index is 0.172. The third kappa shape index (κ3) is 4.45. The molecule has 0 bridgehead atoms. The number of hydrogen-bond donors (Lipinski definition) is 0. The molecule has 2 aromatic rings. The van der Waals surface area contributed by atoms with E-state index in [1.54, 1.807) is 24.0 Å². The van der Waals surface area contributed by atoms with Crippen LogP contribution in [0.3, 0.4) is 0 Å². The van der Waals surface area contributed by atoms with Gasteiger partial charge in [0.15, 0.2) is 0 Å². The molecule has 1 aliphatic heterocycles. The van der Waals surface area contributed by atoms with Crippen LogP contribution in [0.4, 0.5) is 13.2 Å². The van der Waals surface area contributed by atoms with Gasteiger partial charge in [-0.1, -0.05) is 23.4 Å². The Morgan fingerprint density at radius 2 is 2.15 bits per heavy atom. The monoisotopic (exact) mass is 366 g/mol. The molecule has 0 aliphatic carbocycles. The lowest BCUT2D eigenvalue weighted by molar-refractivity contribution is -0.137. The van der Waals surface area contributed by atoms with Crippen LogP contribution in [0.15, 0.2) is 34.9 Å². The number of halogens is 3. The van der Waals surface area contributed by atoms with Crippen molar-refractivity contribution in [1.29, 1.82) is 0 Å². The largest absolute Gasteiger partial charge is 0.416 e. The molecule has 1 atom stereocenters. The first-order valence-electron chi connectivity index (χ1n) is 8.71. The van der Waals surface area contributed by atoms with E-state index in [-0.39, 0.29) is 17.6 Å². The van der Waals surface area contributed by atoms with Gasteiger partial charge in [-0.3, -0.25) is 4.79 Å². The number of aromatic nitrogens is 1. The first-order valence-corrected chi connectivity index (χ1v) is 8.71. The zero-order valence-corrected chi connectivity index (χ0v) is 14.6. The van der Waals surface area contributed by atoms with Gasteiger partial charge in [0.1, 0.15) is 0 Å². The summed E-state index contributed by atoms with van der Waals surface area (Å²) in [5.41, 5.74) is 0.719. The molecule has 1 fully saturated rings. The Morgan fingerprint density at radius 3 is 2.85 bits per heavy atom. The third-order valence-electron chi connectivity index (χ3n) is 4.74. The lowest BCUT2D eigenvalue weighted by Crippen LogP contribution is -2.39. The quantitative estimate of drug-likeness (QED) is 0.801. The van der Waals surface area contributed by atoms with Gasteiger partial charge in [0, 0.05) is 19.2 Å². The molecule has 26 heavy (non-hydrogen) atoms. The van der Waals surface area contributed by atoms with Gasteiger partial charge in [-0.2, -0.15) is 13.2 Å². The van der Waals surface area contributed by atoms with Crippen molar-refractivity contribution in [2.75, 3.05) is 13.1 Å². The molecule has 0 radical (unpaired) electrons. The molecule has 1 aromatic heterocycles. The number of aryl methyl sites for hydroxylation is 2. The van der Waals surface area contributed by atoms with Gasteiger partial charge in [0.2, 0.25) is 5.76 Å². The number of rotatable bonds is 4. The topological polar surface area (TPSA) is 46.3 Å². The molecule has 0 saturated carbocycles. The zero-order chi connectivity index (χ0) is 18.7. The maximum atomic E-state index is 12.8. The van der Waals surface area contributed by atoms with E-state index >= 15 is 0 Å². The number of alkyl halides is 3. The predicted octanol–water partition coefficient (Wildman–Crippen LogP) is 4.49. The van der Waals surface area contributed by atoms with Gasteiger partial charge < -0.3 is 9.42 Å². The molecular formula is C19H21F3N2O2. The summed E-state index contributed by atoms with van der Waals surface area (Å²) in [6.07, 6.45) is -1.15. The minimum atomic E-state index is -4.32. The summed E-state index contributed by atoms with van der Waals surface area (Å²) in [6.45, 7) is 3.02. The average molecular weight is 366 g/mol. The van der Waals surface area contributed by atoms with E-state index in [4.69, 9.17) is 4.52 Å². The Balaban J connectivity index is 1.58. The Morgan fingerprint density at radius 1 is 1.35 bits per heavy atom. The van der Waals surface area contributed by atoms with E-state index in [1.807, 2.05) is 0 Å². The van der Waals surface area contributed by atoms with Gasteiger partial charge in [0.05, 0.1) is 11.3 Å². The molecule has 3 rings (SSSR count). The molecule has 1 aromatic carbocycles. The number of carbonyl (C=O) groups is 1. The normalized spacial score (nSPS) is 18.2. The van der Waals surface area contributed by atoms with Crippen LogP contribution < -0.4 is 0 Å². The van der Waals surface area contributed by atoms with Crippen molar-refractivity contribution in [3.05, 3.63) is 52.9 Å². The van der Waals surface area contributed by atoms with Crippen LogP contribution in [0.1, 0.15) is 46.6 Å². The maximum absolute atomic E-state index is 12.8. The highest BCUT2D eigenvalue weighted by atomic mass is 19.4. The van der Waals surface area contributed by atoms with Crippen molar-refractivity contribution in [2.24, 2.45) is 5.92 Å². The molecule has 4 nitrogen and oxygen atoms in total. The van der Waals surface area contributed by atoms with E-state index in [2.05, 4.69) is 5.16 Å². The molecule has 0 unspecified atom stereocenters. The second kappa shape index (κ2) is 7.51. The van der Waals surface area contributed by atoms with Gasteiger partial charge >= 0.3 is 6.18 Å². The van der Waals surface area contributed by atoms with Crippen LogP contribution >= 0.6 is 0 Å². The lowest BCUT2D eigenvalue weighted by Gasteiger charge is -2.32. The van der Waals surface area contributed by atoms with Crippen LogP contribution in [0.5, 0.6) is 0 Å². The van der Waals surface area contributed by atoms with Crippen LogP contribution in [0.2, 0.25) is 0 Å². The summed E-state index contributed by atoms with van der Waals surface area (Å²) in [7, 11) is 0. The fraction of sp³-hybridized carbons (Fsp3) is 0.474. The summed E-state index contributed by atoms with van der Waals surface area (Å²) >= 11 is 0. The molecule has 0 spiro atoms. The molecule has 1 saturated heterocycles. The maximum Gasteiger partial charge on any atom is 0.416 e. The summed E-state index contributed by atoms with van der Waals surface area (Å²) < 4.78 is 43.5. The van der Waals surface area contributed by atoms with Crippen molar-refractivity contribution in [1.82, 2.24) is 10.1 Å². The minimum Gasteiger partial charge on any atom is -0.351 e. The first-order chi connectivity index (χ1) is 12.3. The summed E-state index contributed by atoms with van der Waals surface area (Å²) in [5.74, 6) is 0.335. The highest BCUT2D eigenvalue weighted by Crippen LogP contribution is 2.30. The SMILES string of the molecule is Cc1cc(C(=O)N2CCC[C@@H](CCc3cccc(C(F)(F)F)c3)C2)on1. The van der Waals surface area contributed by atoms with Gasteiger partial charge in [-0.25, -0.2) is 0 Å². The number of hydrogen-bond acceptors (Lipinski definition) is 3. The van der Waals surface area contributed by atoms with Crippen molar-refractivity contribution in [3.8, 4) is 0 Å². The van der Waals surface area contributed by atoms with Crippen molar-refractivity contribution < 1.29 is 22.5 Å². The van der Waals surface area contributed by atoms with Gasteiger partial charge in [-0.15, -0.1) is 0 Å². The fourth-order valence-electron chi connectivity index (χ4n) is 3.38. The number of likely N-dealkylation sites (tertiary alicyclic amines) is 1. The molecule has 1 aliphatic rings. The van der Waals surface area contributed by atoms with E-state index in [9.17, 15) is 18.0 Å². The Bertz CT molecular complexity index is 770. The predicted molar refractivity (Wildman–Crippen MR) is 89.6 cm³/mol. The molecule has 1 amide bonds. The van der Waals surface area contributed by atoms with Gasteiger partial charge in [0.25, 0.3) is 5.91 Å². The lowest BCUT2D eigenvalue weighted by atomic mass is 9.91. The fourth-order valence-corrected chi connectivity index (χ4v) is 3.38. The van der Waals surface area contributed by atoms with Crippen molar-refractivity contribution in [3.63, 3.8) is 0 Å². The van der Waals surface area contributed by atoms with E-state index in [1.165, 1.54) is 12.1 Å². The molecular weight excluding hydrogens is 345 g/mol. The van der Waals surface area contributed by atoms with Crippen LogP contribution in [0, 0.1) is 12.8 Å². The Hall–Kier alpha value is -2.31. The second-order valence-corrected chi connectivity index (χ2v) is 6.83. The second-order valence-electron chi connectivity index (χ2n) is 6.83. The van der Waals surface area contributed by atoms with E-state index < -0.39 is 11.7 Å². The summed E-state index contributed by atoms with van der Waals surface area (Å²) in [5, 5.41) is 3.74. The zero-order valence-electron chi connectivity index (χ0n) is 14.6. The number of piperidine rings is 1. The Kier molecular flexibility index (Phi) is 5.34. The molecule has 7 heteroatoms. The molecule has 2 heterocycles. The third-order valence-corrected chi connectivity index (χ3v) is 4.74. The standard InChI is InChI=1S/C19H21F3N2O2/c1-13-10-17(26-23-13)18(25)24-9-3-5-15(12-24)8-7-14-4-2-6-16(11-14)19(20,21)22/h2,4,6,10-11,15H,3,5,7-9,12H2,1H3/t15-/m0/s1. The highest BCUT2D eigenvalue weighted by Gasteiger charge is 2.30. The first kappa shape index (κ1) is 18.5. The van der Waals surface area contributed by atoms with Crippen molar-refractivity contribution in [2.45, 2.75) is 38.8 Å². The van der Waals surface area contributed by atoms with Crippen LogP contribution in [-0.2, 0) is 12.6 Å². The molecule has 0 N–H and O–H groups in total. The number of amides is 1. The van der Waals surface area contributed by atoms with Gasteiger partial charge in [-0.05, 0) is 50.2 Å². The highest BCUT2D eigenvalue weighted by molar-refractivity contribution is 5.91. The summed E-state index contributed by atoms with van der Waals surface area (Å²) in [4.78, 5) is 14.2. The van der Waals surface area contributed by atoms with E-state index in [0.29, 0.717) is 30.8 Å². The van der Waals surface area contributed by atoms with E-state index in [0.717, 1.165) is 25.3 Å². The number of nitrogens with zero attached hydrogens (tertiary/aromatic N) is 2. The summed E-state index contributed by atoms with van der Waals surface area (Å²) in [6, 6.07) is 7.08. The average Bonchev–Trinajstić information content (AvgIpc) is 3.05. The smallest absolute Gasteiger partial charge is 0.351 e. The van der Waals surface area contributed by atoms with Crippen LogP contribution in [0.25, 0.3) is 0 Å². The Labute approximate surface area is 150 Å². The van der Waals surface area contributed by atoms with Crippen LogP contribution in [-0.4, -0.2) is 29.1 Å². The number of benzene rings is 1. The molecule has 140 valence electrons.